The van der Waals surface area contributed by atoms with Crippen LogP contribution in [0.5, 0.6) is 0 Å². The van der Waals surface area contributed by atoms with Gasteiger partial charge in [-0.05, 0) is 18.6 Å². The van der Waals surface area contributed by atoms with E-state index < -0.39 is 0 Å². The first-order chi connectivity index (χ1) is 10.1. The van der Waals surface area contributed by atoms with Crippen molar-refractivity contribution in [3.05, 3.63) is 35.6 Å². The molecule has 0 radical (unpaired) electrons. The molecule has 3 rings (SSSR count). The molecule has 1 amide bonds. The van der Waals surface area contributed by atoms with Crippen molar-refractivity contribution < 1.29 is 4.79 Å². The lowest BCUT2D eigenvalue weighted by Crippen LogP contribution is -2.22. The highest BCUT2D eigenvalue weighted by atomic mass is 35.5. The Labute approximate surface area is 127 Å². The van der Waals surface area contributed by atoms with E-state index in [1.165, 1.54) is 6.92 Å². The maximum atomic E-state index is 11.0. The molecule has 7 heteroatoms. The Morgan fingerprint density at radius 2 is 2.33 bits per heavy atom. The van der Waals surface area contributed by atoms with E-state index in [0.717, 1.165) is 25.3 Å². The summed E-state index contributed by atoms with van der Waals surface area (Å²) in [6, 6.07) is 5.73. The second-order valence-electron chi connectivity index (χ2n) is 5.06. The molecule has 0 saturated carbocycles. The molecule has 1 saturated heterocycles. The average molecular weight is 306 g/mol. The van der Waals surface area contributed by atoms with Crippen molar-refractivity contribution in [2.75, 3.05) is 23.3 Å². The van der Waals surface area contributed by atoms with Gasteiger partial charge in [0, 0.05) is 38.5 Å². The zero-order chi connectivity index (χ0) is 14.8. The molecule has 2 aromatic heterocycles. The molecule has 0 unspecified atom stereocenters. The predicted octanol–water partition coefficient (Wildman–Crippen LogP) is 2.34. The zero-order valence-electron chi connectivity index (χ0n) is 11.7. The molecular weight excluding hydrogens is 290 g/mol. The minimum atomic E-state index is -0.117. The monoisotopic (exact) mass is 305 g/mol. The smallest absolute Gasteiger partial charge is 0.222 e. The summed E-state index contributed by atoms with van der Waals surface area (Å²) in [5.41, 5.74) is 0. The number of pyridine rings is 1. The van der Waals surface area contributed by atoms with Crippen LogP contribution in [-0.2, 0) is 4.79 Å². The predicted molar refractivity (Wildman–Crippen MR) is 81.6 cm³/mol. The van der Waals surface area contributed by atoms with E-state index >= 15 is 0 Å². The molecule has 0 bridgehead atoms. The summed E-state index contributed by atoms with van der Waals surface area (Å²) < 4.78 is 1.89. The van der Waals surface area contributed by atoms with Gasteiger partial charge in [0.2, 0.25) is 5.91 Å². The van der Waals surface area contributed by atoms with Crippen LogP contribution in [-0.4, -0.2) is 33.8 Å². The third kappa shape index (κ3) is 3.00. The summed E-state index contributed by atoms with van der Waals surface area (Å²) >= 11 is 6.19. The third-order valence-electron chi connectivity index (χ3n) is 3.49. The summed E-state index contributed by atoms with van der Waals surface area (Å²) in [6.45, 7) is 3.16. The first kappa shape index (κ1) is 13.9. The van der Waals surface area contributed by atoms with Crippen LogP contribution in [0, 0.1) is 0 Å². The second-order valence-corrected chi connectivity index (χ2v) is 5.47. The lowest BCUT2D eigenvalue weighted by molar-refractivity contribution is -0.114. The van der Waals surface area contributed by atoms with Crippen molar-refractivity contribution in [1.29, 1.82) is 0 Å². The average Bonchev–Trinajstić information content (AvgIpc) is 3.07. The van der Waals surface area contributed by atoms with Gasteiger partial charge in [0.25, 0.3) is 0 Å². The van der Waals surface area contributed by atoms with Gasteiger partial charge in [-0.2, -0.15) is 5.10 Å². The summed E-state index contributed by atoms with van der Waals surface area (Å²) in [7, 11) is 0. The van der Waals surface area contributed by atoms with Gasteiger partial charge in [-0.15, -0.1) is 0 Å². The highest BCUT2D eigenvalue weighted by Gasteiger charge is 2.26. The largest absolute Gasteiger partial charge is 0.353 e. The van der Waals surface area contributed by atoms with Crippen molar-refractivity contribution in [3.63, 3.8) is 0 Å². The molecule has 0 aliphatic carbocycles. The molecule has 0 aromatic carbocycles. The molecule has 0 spiro atoms. The van der Waals surface area contributed by atoms with E-state index in [9.17, 15) is 4.79 Å². The topological polar surface area (TPSA) is 63.1 Å². The number of nitrogens with zero attached hydrogens (tertiary/aromatic N) is 4. The van der Waals surface area contributed by atoms with Crippen LogP contribution in [0.3, 0.4) is 0 Å². The SMILES string of the molecule is CC(=O)Nc1ccn([C@@H]2CCN(c3ncccc3Cl)C2)n1. The molecule has 1 fully saturated rings. The van der Waals surface area contributed by atoms with Crippen molar-refractivity contribution in [2.24, 2.45) is 0 Å². The number of carbonyl (C=O) groups is 1. The Kier molecular flexibility index (Phi) is 3.79. The molecule has 21 heavy (non-hydrogen) atoms. The maximum Gasteiger partial charge on any atom is 0.222 e. The number of rotatable bonds is 3. The lowest BCUT2D eigenvalue weighted by atomic mass is 10.3. The van der Waals surface area contributed by atoms with Crippen molar-refractivity contribution >= 4 is 29.1 Å². The quantitative estimate of drug-likeness (QED) is 0.945. The first-order valence-electron chi connectivity index (χ1n) is 6.81. The number of aromatic nitrogens is 3. The first-order valence-corrected chi connectivity index (χ1v) is 7.19. The minimum absolute atomic E-state index is 0.117. The summed E-state index contributed by atoms with van der Waals surface area (Å²) in [5, 5.41) is 7.73. The molecule has 2 aromatic rings. The van der Waals surface area contributed by atoms with Crippen LogP contribution < -0.4 is 10.2 Å². The van der Waals surface area contributed by atoms with Crippen molar-refractivity contribution in [3.8, 4) is 0 Å². The highest BCUT2D eigenvalue weighted by molar-refractivity contribution is 6.32. The third-order valence-corrected chi connectivity index (χ3v) is 3.78. The Balaban J connectivity index is 1.71. The molecule has 1 atom stereocenters. The van der Waals surface area contributed by atoms with Crippen LogP contribution in [0.4, 0.5) is 11.6 Å². The summed E-state index contributed by atoms with van der Waals surface area (Å²) in [5.74, 6) is 1.28. The van der Waals surface area contributed by atoms with Crippen LogP contribution in [0.15, 0.2) is 30.6 Å². The van der Waals surface area contributed by atoms with Crippen LogP contribution >= 0.6 is 11.6 Å². The molecular formula is C14H16ClN5O. The van der Waals surface area contributed by atoms with E-state index in [4.69, 9.17) is 11.6 Å². The molecule has 110 valence electrons. The number of amides is 1. The Morgan fingerprint density at radius 1 is 1.48 bits per heavy atom. The highest BCUT2D eigenvalue weighted by Crippen LogP contribution is 2.30. The number of nitrogens with one attached hydrogen (secondary N) is 1. The lowest BCUT2D eigenvalue weighted by Gasteiger charge is -2.18. The standard InChI is InChI=1S/C14H16ClN5O/c1-10(21)17-13-5-8-20(18-13)11-4-7-19(9-11)14-12(15)3-2-6-16-14/h2-3,5-6,8,11H,4,7,9H2,1H3,(H,17,18,21)/t11-/m1/s1. The molecule has 1 aliphatic heterocycles. The second kappa shape index (κ2) is 5.73. The van der Waals surface area contributed by atoms with E-state index in [1.54, 1.807) is 12.3 Å². The zero-order valence-corrected chi connectivity index (χ0v) is 12.4. The van der Waals surface area contributed by atoms with E-state index in [2.05, 4.69) is 20.3 Å². The van der Waals surface area contributed by atoms with Gasteiger partial charge >= 0.3 is 0 Å². The van der Waals surface area contributed by atoms with Crippen LogP contribution in [0.1, 0.15) is 19.4 Å². The van der Waals surface area contributed by atoms with Gasteiger partial charge in [0.1, 0.15) is 5.82 Å². The summed E-state index contributed by atoms with van der Waals surface area (Å²) in [6.07, 6.45) is 4.60. The maximum absolute atomic E-state index is 11.0. The fourth-order valence-corrected chi connectivity index (χ4v) is 2.79. The van der Waals surface area contributed by atoms with Crippen LogP contribution in [0.25, 0.3) is 0 Å². The number of hydrogen-bond acceptors (Lipinski definition) is 4. The van der Waals surface area contributed by atoms with Crippen LogP contribution in [0.2, 0.25) is 5.02 Å². The van der Waals surface area contributed by atoms with E-state index in [-0.39, 0.29) is 11.9 Å². The fourth-order valence-electron chi connectivity index (χ4n) is 2.55. The van der Waals surface area contributed by atoms with Gasteiger partial charge in [0.05, 0.1) is 11.1 Å². The van der Waals surface area contributed by atoms with Gasteiger partial charge in [-0.1, -0.05) is 11.6 Å². The van der Waals surface area contributed by atoms with Gasteiger partial charge in [-0.25, -0.2) is 4.98 Å². The molecule has 3 heterocycles. The van der Waals surface area contributed by atoms with Gasteiger partial charge in [-0.3, -0.25) is 9.48 Å². The molecule has 1 aliphatic rings. The Hall–Kier alpha value is -2.08. The van der Waals surface area contributed by atoms with Gasteiger partial charge < -0.3 is 10.2 Å². The number of hydrogen-bond donors (Lipinski definition) is 1. The van der Waals surface area contributed by atoms with Crippen molar-refractivity contribution in [1.82, 2.24) is 14.8 Å². The number of halogens is 1. The van der Waals surface area contributed by atoms with Gasteiger partial charge in [0.15, 0.2) is 5.82 Å². The Morgan fingerprint density at radius 3 is 3.10 bits per heavy atom. The van der Waals surface area contributed by atoms with E-state index in [1.807, 2.05) is 23.0 Å². The number of carbonyl (C=O) groups excluding carboxylic acids is 1. The molecule has 6 nitrogen and oxygen atoms in total. The fraction of sp³-hybridized carbons (Fsp3) is 0.357. The minimum Gasteiger partial charge on any atom is -0.353 e. The van der Waals surface area contributed by atoms with Crippen molar-refractivity contribution in [2.45, 2.75) is 19.4 Å². The summed E-state index contributed by atoms with van der Waals surface area (Å²) in [4.78, 5) is 17.5. The normalized spacial score (nSPS) is 18.0. The molecule has 1 N–H and O–H groups in total. The number of anilines is 2. The van der Waals surface area contributed by atoms with E-state index in [0.29, 0.717) is 10.8 Å². The Bertz CT molecular complexity index is 656.